The number of hydrogen-bond donors (Lipinski definition) is 1. The lowest BCUT2D eigenvalue weighted by Crippen LogP contribution is -2.45. The summed E-state index contributed by atoms with van der Waals surface area (Å²) < 4.78 is 0. The number of carbonyl (C=O) groups excluding carboxylic acids is 1. The molecule has 1 amide bonds. The summed E-state index contributed by atoms with van der Waals surface area (Å²) in [6.45, 7) is 1.98. The second kappa shape index (κ2) is 5.93. The zero-order valence-corrected chi connectivity index (χ0v) is 13.0. The molecule has 1 saturated heterocycles. The van der Waals surface area contributed by atoms with E-state index in [4.69, 9.17) is 0 Å². The highest BCUT2D eigenvalue weighted by Gasteiger charge is 2.41. The largest absolute Gasteiger partial charge is 0.481 e. The minimum Gasteiger partial charge on any atom is -0.481 e. The van der Waals surface area contributed by atoms with Gasteiger partial charge in [-0.1, -0.05) is 23.8 Å². The third kappa shape index (κ3) is 2.64. The van der Waals surface area contributed by atoms with Gasteiger partial charge in [0.2, 0.25) is 5.91 Å². The summed E-state index contributed by atoms with van der Waals surface area (Å²) in [4.78, 5) is 26.7. The van der Waals surface area contributed by atoms with E-state index < -0.39 is 17.9 Å². The van der Waals surface area contributed by atoms with Gasteiger partial charge in [0.15, 0.2) is 0 Å². The Balaban J connectivity index is 2.07. The van der Waals surface area contributed by atoms with Crippen molar-refractivity contribution in [1.29, 1.82) is 0 Å². The summed E-state index contributed by atoms with van der Waals surface area (Å²) in [7, 11) is 0. The molecule has 5 heteroatoms. The Labute approximate surface area is 133 Å². The van der Waals surface area contributed by atoms with Crippen molar-refractivity contribution < 1.29 is 14.7 Å². The van der Waals surface area contributed by atoms with Crippen molar-refractivity contribution in [1.82, 2.24) is 0 Å². The Kier molecular flexibility index (Phi) is 3.98. The fraction of sp³-hybridized carbons (Fsp3) is 0.294. The SMILES string of the molecule is Cc1ccc(N2C(=O)CC[C@@H](C(=O)O)[C@H]2c2cccs2)cc1. The Bertz CT molecular complexity index is 678. The van der Waals surface area contributed by atoms with Crippen molar-refractivity contribution in [2.24, 2.45) is 5.92 Å². The number of carboxylic acids is 1. The van der Waals surface area contributed by atoms with Gasteiger partial charge in [0.1, 0.15) is 0 Å². The maximum Gasteiger partial charge on any atom is 0.309 e. The van der Waals surface area contributed by atoms with Gasteiger partial charge in [-0.25, -0.2) is 0 Å². The second-order valence-electron chi connectivity index (χ2n) is 5.54. The number of nitrogens with zero attached hydrogens (tertiary/aromatic N) is 1. The topological polar surface area (TPSA) is 57.6 Å². The Morgan fingerprint density at radius 1 is 1.27 bits per heavy atom. The average molecular weight is 315 g/mol. The third-order valence-corrected chi connectivity index (χ3v) is 5.00. The number of aliphatic carboxylic acids is 1. The lowest BCUT2D eigenvalue weighted by Gasteiger charge is -2.39. The number of anilines is 1. The van der Waals surface area contributed by atoms with E-state index in [9.17, 15) is 14.7 Å². The van der Waals surface area contributed by atoms with Gasteiger partial charge < -0.3 is 10.0 Å². The van der Waals surface area contributed by atoms with Gasteiger partial charge in [0.05, 0.1) is 12.0 Å². The molecule has 1 aliphatic heterocycles. The molecule has 1 fully saturated rings. The number of carboxylic acid groups (broad SMARTS) is 1. The number of amides is 1. The molecule has 0 bridgehead atoms. The molecule has 2 heterocycles. The highest BCUT2D eigenvalue weighted by Crippen LogP contribution is 2.41. The van der Waals surface area contributed by atoms with Gasteiger partial charge in [-0.2, -0.15) is 0 Å². The quantitative estimate of drug-likeness (QED) is 0.941. The number of aryl methyl sites for hydroxylation is 1. The van der Waals surface area contributed by atoms with Crippen LogP contribution >= 0.6 is 11.3 Å². The summed E-state index contributed by atoms with van der Waals surface area (Å²) in [5, 5.41) is 11.5. The van der Waals surface area contributed by atoms with Gasteiger partial charge in [-0.15, -0.1) is 11.3 Å². The van der Waals surface area contributed by atoms with Gasteiger partial charge in [-0.3, -0.25) is 9.59 Å². The predicted octanol–water partition coefficient (Wildman–Crippen LogP) is 3.63. The molecule has 4 nitrogen and oxygen atoms in total. The zero-order chi connectivity index (χ0) is 15.7. The molecule has 3 rings (SSSR count). The molecule has 1 N–H and O–H groups in total. The van der Waals surface area contributed by atoms with E-state index in [-0.39, 0.29) is 12.3 Å². The molecule has 0 radical (unpaired) electrons. The van der Waals surface area contributed by atoms with E-state index in [0.717, 1.165) is 16.1 Å². The molecule has 1 aromatic carbocycles. The molecule has 114 valence electrons. The van der Waals surface area contributed by atoms with Crippen LogP contribution in [-0.4, -0.2) is 17.0 Å². The minimum atomic E-state index is -0.844. The smallest absolute Gasteiger partial charge is 0.309 e. The first kappa shape index (κ1) is 14.8. The molecule has 0 aliphatic carbocycles. The molecule has 2 atom stereocenters. The predicted molar refractivity (Wildman–Crippen MR) is 86.1 cm³/mol. The van der Waals surface area contributed by atoms with Crippen molar-refractivity contribution in [3.8, 4) is 0 Å². The van der Waals surface area contributed by atoms with Crippen LogP contribution in [0.1, 0.15) is 29.3 Å². The van der Waals surface area contributed by atoms with E-state index >= 15 is 0 Å². The fourth-order valence-corrected chi connectivity index (χ4v) is 3.83. The van der Waals surface area contributed by atoms with E-state index in [1.54, 1.807) is 4.90 Å². The molecule has 1 aliphatic rings. The van der Waals surface area contributed by atoms with Crippen molar-refractivity contribution >= 4 is 28.9 Å². The third-order valence-electron chi connectivity index (χ3n) is 4.06. The number of thiophene rings is 1. The van der Waals surface area contributed by atoms with Gasteiger partial charge >= 0.3 is 5.97 Å². The molecule has 0 spiro atoms. The monoisotopic (exact) mass is 315 g/mol. The first-order chi connectivity index (χ1) is 10.6. The number of piperidine rings is 1. The second-order valence-corrected chi connectivity index (χ2v) is 6.52. The van der Waals surface area contributed by atoms with Crippen LogP contribution < -0.4 is 4.90 Å². The molecule has 2 aromatic rings. The molecular weight excluding hydrogens is 298 g/mol. The van der Waals surface area contributed by atoms with Crippen molar-refractivity contribution in [2.45, 2.75) is 25.8 Å². The fourth-order valence-electron chi connectivity index (χ4n) is 2.95. The maximum atomic E-state index is 12.5. The van der Waals surface area contributed by atoms with E-state index in [2.05, 4.69) is 0 Å². The summed E-state index contributed by atoms with van der Waals surface area (Å²) in [5.41, 5.74) is 1.87. The van der Waals surface area contributed by atoms with E-state index in [0.29, 0.717) is 6.42 Å². The summed E-state index contributed by atoms with van der Waals surface area (Å²) >= 11 is 1.50. The summed E-state index contributed by atoms with van der Waals surface area (Å²) in [6.07, 6.45) is 0.659. The van der Waals surface area contributed by atoms with Crippen LogP contribution in [0.2, 0.25) is 0 Å². The lowest BCUT2D eigenvalue weighted by atomic mass is 9.87. The van der Waals surface area contributed by atoms with Crippen LogP contribution in [0.4, 0.5) is 5.69 Å². The Morgan fingerprint density at radius 2 is 2.00 bits per heavy atom. The highest BCUT2D eigenvalue weighted by molar-refractivity contribution is 7.10. The first-order valence-electron chi connectivity index (χ1n) is 7.23. The molecule has 1 aromatic heterocycles. The number of carbonyl (C=O) groups is 2. The normalized spacial score (nSPS) is 21.9. The van der Waals surface area contributed by atoms with Crippen LogP contribution in [0.3, 0.4) is 0 Å². The van der Waals surface area contributed by atoms with Crippen LogP contribution in [0.25, 0.3) is 0 Å². The van der Waals surface area contributed by atoms with Gasteiger partial charge in [-0.05, 0) is 36.9 Å². The lowest BCUT2D eigenvalue weighted by molar-refractivity contribution is -0.144. The number of benzene rings is 1. The van der Waals surface area contributed by atoms with Crippen LogP contribution in [0, 0.1) is 12.8 Å². The number of hydrogen-bond acceptors (Lipinski definition) is 3. The maximum absolute atomic E-state index is 12.5. The standard InChI is InChI=1S/C17H17NO3S/c1-11-4-6-12(7-5-11)18-15(19)9-8-13(17(20)21)16(18)14-3-2-10-22-14/h2-7,10,13,16H,8-9H2,1H3,(H,20,21)/t13-,16+/m1/s1. The first-order valence-corrected chi connectivity index (χ1v) is 8.11. The van der Waals surface area contributed by atoms with Crippen LogP contribution in [0.15, 0.2) is 41.8 Å². The number of rotatable bonds is 3. The van der Waals surface area contributed by atoms with E-state index in [1.165, 1.54) is 11.3 Å². The molecular formula is C17H17NO3S. The zero-order valence-electron chi connectivity index (χ0n) is 12.2. The van der Waals surface area contributed by atoms with Crippen molar-refractivity contribution in [3.63, 3.8) is 0 Å². The highest BCUT2D eigenvalue weighted by atomic mass is 32.1. The summed E-state index contributed by atoms with van der Waals surface area (Å²) in [6, 6.07) is 11.0. The van der Waals surface area contributed by atoms with Crippen LogP contribution in [0.5, 0.6) is 0 Å². The van der Waals surface area contributed by atoms with E-state index in [1.807, 2.05) is 48.7 Å². The molecule has 0 unspecified atom stereocenters. The minimum absolute atomic E-state index is 0.0141. The van der Waals surface area contributed by atoms with Gasteiger partial charge in [0.25, 0.3) is 0 Å². The van der Waals surface area contributed by atoms with Gasteiger partial charge in [0, 0.05) is 17.0 Å². The average Bonchev–Trinajstić information content (AvgIpc) is 3.01. The van der Waals surface area contributed by atoms with Crippen molar-refractivity contribution in [3.05, 3.63) is 52.2 Å². The Hall–Kier alpha value is -2.14. The Morgan fingerprint density at radius 3 is 2.59 bits per heavy atom. The summed E-state index contributed by atoms with van der Waals surface area (Å²) in [5.74, 6) is -1.43. The molecule has 22 heavy (non-hydrogen) atoms. The van der Waals surface area contributed by atoms with Crippen molar-refractivity contribution in [2.75, 3.05) is 4.90 Å². The molecule has 0 saturated carbocycles. The van der Waals surface area contributed by atoms with Crippen LogP contribution in [-0.2, 0) is 9.59 Å².